The minimum absolute atomic E-state index is 0.101. The number of nitrogens with zero attached hydrogens (tertiary/aromatic N) is 3. The van der Waals surface area contributed by atoms with Crippen molar-refractivity contribution < 1.29 is 24.0 Å². The summed E-state index contributed by atoms with van der Waals surface area (Å²) in [6, 6.07) is -4.88. The Morgan fingerprint density at radius 3 is 1.79 bits per heavy atom. The standard InChI is InChI=1S/C26H48N12O5/c1-15-20(39)35-16(7-2-3-11-27)21(40)36-17(8-4-12-32-25(28)29)22(41)37-18(9-5-13-33-26(30)31)24(43)38-14-6-10-19(38)23(42)34-15/h15-19H,2-14,27H2,1H3,(H,34,42)(H,35,39)(H,36,40)(H,37,41)(H4,28,29,32)(H4,30,31,33)/t15-,16-,17-,18-,19-/m0/s1. The van der Waals surface area contributed by atoms with Gasteiger partial charge >= 0.3 is 0 Å². The van der Waals surface area contributed by atoms with Crippen LogP contribution in [0.5, 0.6) is 0 Å². The minimum Gasteiger partial charge on any atom is -0.370 e. The second-order valence-corrected chi connectivity index (χ2v) is 10.8. The average molecular weight is 609 g/mol. The molecule has 14 N–H and O–H groups in total. The smallest absolute Gasteiger partial charge is 0.245 e. The fourth-order valence-corrected chi connectivity index (χ4v) is 5.01. The Labute approximate surface area is 251 Å². The highest BCUT2D eigenvalue weighted by molar-refractivity contribution is 5.98. The van der Waals surface area contributed by atoms with Gasteiger partial charge in [0.25, 0.3) is 0 Å². The Bertz CT molecular complexity index is 1040. The van der Waals surface area contributed by atoms with E-state index in [1.165, 1.54) is 11.8 Å². The van der Waals surface area contributed by atoms with E-state index in [1.807, 2.05) is 0 Å². The lowest BCUT2D eigenvalue weighted by molar-refractivity contribution is -0.142. The molecule has 0 bridgehead atoms. The Kier molecular flexibility index (Phi) is 14.4. The number of guanidine groups is 2. The molecule has 2 rings (SSSR count). The molecule has 0 aromatic carbocycles. The van der Waals surface area contributed by atoms with E-state index in [4.69, 9.17) is 28.7 Å². The van der Waals surface area contributed by atoms with Crippen LogP contribution in [0.2, 0.25) is 0 Å². The maximum atomic E-state index is 13.8. The number of nitrogens with two attached hydrogens (primary N) is 5. The van der Waals surface area contributed by atoms with Crippen molar-refractivity contribution in [3.63, 3.8) is 0 Å². The first-order valence-corrected chi connectivity index (χ1v) is 14.8. The monoisotopic (exact) mass is 608 g/mol. The first kappa shape index (κ1) is 35.0. The van der Waals surface area contributed by atoms with Gasteiger partial charge in [-0.3, -0.25) is 34.0 Å². The van der Waals surface area contributed by atoms with E-state index >= 15 is 0 Å². The third-order valence-electron chi connectivity index (χ3n) is 7.31. The summed E-state index contributed by atoms with van der Waals surface area (Å²) in [5, 5.41) is 10.9. The second-order valence-electron chi connectivity index (χ2n) is 10.8. The Hall–Kier alpha value is -4.15. The summed E-state index contributed by atoms with van der Waals surface area (Å²) >= 11 is 0. The topological polar surface area (TPSA) is 292 Å². The number of amides is 5. The van der Waals surface area contributed by atoms with Crippen molar-refractivity contribution in [2.45, 2.75) is 94.9 Å². The van der Waals surface area contributed by atoms with Gasteiger partial charge in [0.2, 0.25) is 29.5 Å². The Morgan fingerprint density at radius 2 is 1.23 bits per heavy atom. The summed E-state index contributed by atoms with van der Waals surface area (Å²) in [7, 11) is 0. The average Bonchev–Trinajstić information content (AvgIpc) is 3.44. The van der Waals surface area contributed by atoms with Gasteiger partial charge in [-0.15, -0.1) is 0 Å². The molecule has 0 spiro atoms. The molecule has 43 heavy (non-hydrogen) atoms. The van der Waals surface area contributed by atoms with Crippen molar-refractivity contribution in [2.75, 3.05) is 26.2 Å². The van der Waals surface area contributed by atoms with Crippen molar-refractivity contribution >= 4 is 41.5 Å². The summed E-state index contributed by atoms with van der Waals surface area (Å²) in [5.41, 5.74) is 27.3. The third kappa shape index (κ3) is 11.6. The zero-order chi connectivity index (χ0) is 31.9. The molecule has 0 saturated carbocycles. The lowest BCUT2D eigenvalue weighted by Gasteiger charge is -2.30. The highest BCUT2D eigenvalue weighted by Crippen LogP contribution is 2.20. The number of hydrogen-bond donors (Lipinski definition) is 9. The van der Waals surface area contributed by atoms with E-state index in [9.17, 15) is 24.0 Å². The van der Waals surface area contributed by atoms with Gasteiger partial charge in [0.05, 0.1) is 0 Å². The maximum absolute atomic E-state index is 13.8. The number of carbonyl (C=O) groups excluding carboxylic acids is 5. The lowest BCUT2D eigenvalue weighted by atomic mass is 10.0. The SMILES string of the molecule is C[C@@H]1NC(=O)[C@@H]2CCCN2C(=O)[C@H](CCCN=C(N)N)NC(=O)[C@H](CCCN=C(N)N)NC(=O)[C@H](CCCCN)NC1=O. The number of nitrogens with one attached hydrogen (secondary N) is 4. The summed E-state index contributed by atoms with van der Waals surface area (Å²) in [6.07, 6.45) is 3.43. The van der Waals surface area contributed by atoms with Crippen LogP contribution in [0, 0.1) is 0 Å². The quantitative estimate of drug-likeness (QED) is 0.0591. The molecule has 17 heteroatoms. The van der Waals surface area contributed by atoms with E-state index in [0.717, 1.165) is 0 Å². The van der Waals surface area contributed by atoms with Crippen LogP contribution in [-0.2, 0) is 24.0 Å². The van der Waals surface area contributed by atoms with E-state index in [-0.39, 0.29) is 44.3 Å². The van der Waals surface area contributed by atoms with E-state index in [1.54, 1.807) is 0 Å². The predicted molar refractivity (Wildman–Crippen MR) is 161 cm³/mol. The van der Waals surface area contributed by atoms with E-state index in [0.29, 0.717) is 51.6 Å². The van der Waals surface area contributed by atoms with Gasteiger partial charge in [0.15, 0.2) is 11.9 Å². The number of fused-ring (bicyclic) bond motifs is 1. The Balaban J connectivity index is 2.43. The molecule has 17 nitrogen and oxygen atoms in total. The van der Waals surface area contributed by atoms with Crippen LogP contribution in [0.1, 0.15) is 64.7 Å². The van der Waals surface area contributed by atoms with Crippen molar-refractivity contribution in [3.05, 3.63) is 0 Å². The largest absolute Gasteiger partial charge is 0.370 e. The van der Waals surface area contributed by atoms with Crippen molar-refractivity contribution in [2.24, 2.45) is 38.7 Å². The maximum Gasteiger partial charge on any atom is 0.245 e. The van der Waals surface area contributed by atoms with Gasteiger partial charge in [-0.05, 0) is 71.3 Å². The molecule has 0 aromatic heterocycles. The molecule has 0 aromatic rings. The fraction of sp³-hybridized carbons (Fsp3) is 0.731. The van der Waals surface area contributed by atoms with Crippen LogP contribution in [0.4, 0.5) is 0 Å². The van der Waals surface area contributed by atoms with Gasteiger partial charge in [0.1, 0.15) is 30.2 Å². The normalized spacial score (nSPS) is 25.3. The number of hydrogen-bond acceptors (Lipinski definition) is 8. The molecule has 5 amide bonds. The highest BCUT2D eigenvalue weighted by Gasteiger charge is 2.39. The molecule has 5 atom stereocenters. The highest BCUT2D eigenvalue weighted by atomic mass is 16.2. The van der Waals surface area contributed by atoms with Crippen LogP contribution in [-0.4, -0.2) is 103 Å². The molecule has 2 fully saturated rings. The zero-order valence-corrected chi connectivity index (χ0v) is 24.8. The molecule has 2 aliphatic heterocycles. The number of aliphatic imine (C=N–C) groups is 2. The van der Waals surface area contributed by atoms with E-state index in [2.05, 4.69) is 31.3 Å². The Morgan fingerprint density at radius 1 is 0.721 bits per heavy atom. The van der Waals surface area contributed by atoms with Crippen LogP contribution in [0.3, 0.4) is 0 Å². The van der Waals surface area contributed by atoms with Gasteiger partial charge in [-0.1, -0.05) is 0 Å². The number of rotatable bonds is 12. The van der Waals surface area contributed by atoms with Crippen LogP contribution >= 0.6 is 0 Å². The van der Waals surface area contributed by atoms with Crippen molar-refractivity contribution in [1.29, 1.82) is 0 Å². The summed E-state index contributed by atoms with van der Waals surface area (Å²) in [6.45, 7) is 2.65. The molecule has 0 radical (unpaired) electrons. The molecular formula is C26H48N12O5. The van der Waals surface area contributed by atoms with Gasteiger partial charge in [-0.25, -0.2) is 0 Å². The number of unbranched alkanes of at least 4 members (excludes halogenated alkanes) is 1. The van der Waals surface area contributed by atoms with Crippen molar-refractivity contribution in [1.82, 2.24) is 26.2 Å². The molecule has 2 saturated heterocycles. The molecule has 2 heterocycles. The molecule has 0 aliphatic carbocycles. The summed E-state index contributed by atoms with van der Waals surface area (Å²) in [4.78, 5) is 76.4. The predicted octanol–water partition coefficient (Wildman–Crippen LogP) is -3.81. The first-order chi connectivity index (χ1) is 20.4. The summed E-state index contributed by atoms with van der Waals surface area (Å²) < 4.78 is 0. The van der Waals surface area contributed by atoms with Crippen LogP contribution < -0.4 is 49.9 Å². The first-order valence-electron chi connectivity index (χ1n) is 14.8. The molecule has 2 aliphatic rings. The van der Waals surface area contributed by atoms with Crippen LogP contribution in [0.15, 0.2) is 9.98 Å². The minimum atomic E-state index is -1.07. The lowest BCUT2D eigenvalue weighted by Crippen LogP contribution is -2.57. The van der Waals surface area contributed by atoms with Crippen molar-refractivity contribution in [3.8, 4) is 0 Å². The van der Waals surface area contributed by atoms with Crippen LogP contribution in [0.25, 0.3) is 0 Å². The van der Waals surface area contributed by atoms with Gasteiger partial charge in [0, 0.05) is 19.6 Å². The zero-order valence-electron chi connectivity index (χ0n) is 24.8. The molecule has 242 valence electrons. The summed E-state index contributed by atoms with van der Waals surface area (Å²) in [5.74, 6) is -2.91. The molecular weight excluding hydrogens is 560 g/mol. The number of carbonyl (C=O) groups is 5. The third-order valence-corrected chi connectivity index (χ3v) is 7.31. The second kappa shape index (κ2) is 17.7. The molecule has 0 unspecified atom stereocenters. The fourth-order valence-electron chi connectivity index (χ4n) is 5.01. The van der Waals surface area contributed by atoms with Gasteiger partial charge in [-0.2, -0.15) is 0 Å². The van der Waals surface area contributed by atoms with Gasteiger partial charge < -0.3 is 54.8 Å². The van der Waals surface area contributed by atoms with E-state index < -0.39 is 59.7 Å².